The number of imide groups is 1. The van der Waals surface area contributed by atoms with E-state index in [0.717, 1.165) is 9.21 Å². The van der Waals surface area contributed by atoms with Crippen LogP contribution in [0.1, 0.15) is 12.5 Å². The number of nitrogens with zero attached hydrogens (tertiary/aromatic N) is 2. The van der Waals surface area contributed by atoms with Gasteiger partial charge in [0.2, 0.25) is 15.9 Å². The average molecular weight is 491 g/mol. The molecule has 0 saturated carbocycles. The molecule has 3 rings (SSSR count). The maximum absolute atomic E-state index is 13.1. The Morgan fingerprint density at radius 3 is 2.24 bits per heavy atom. The van der Waals surface area contributed by atoms with Crippen molar-refractivity contribution < 1.29 is 32.3 Å². The number of carbonyl (C=O) groups is 3. The zero-order valence-electron chi connectivity index (χ0n) is 19.4. The third-order valence-corrected chi connectivity index (χ3v) is 7.28. The molecular weight excluding hydrogens is 464 g/mol. The molecule has 1 aliphatic heterocycles. The standard InChI is InChI=1S/C22H26N4O7S/c1-22(14-6-11-17(32-4)18(12-14)33-5)20(28)26(21(29)24-22)13-19(27)23-15-7-9-16(10-8-15)34(30,31)25(2)3/h6-12H,13H2,1-5H3,(H,23,27)(H,24,29). The summed E-state index contributed by atoms with van der Waals surface area (Å²) in [7, 11) is 2.16. The fraction of sp³-hybridized carbons (Fsp3) is 0.318. The quantitative estimate of drug-likeness (QED) is 0.534. The SMILES string of the molecule is COc1ccc(C2(C)NC(=O)N(CC(=O)Nc3ccc(S(=O)(=O)N(C)C)cc3)C2=O)cc1OC. The van der Waals surface area contributed by atoms with Crippen molar-refractivity contribution in [3.8, 4) is 11.5 Å². The molecule has 1 saturated heterocycles. The topological polar surface area (TPSA) is 134 Å². The maximum atomic E-state index is 13.1. The number of nitrogens with one attached hydrogen (secondary N) is 2. The number of benzene rings is 2. The lowest BCUT2D eigenvalue weighted by atomic mass is 9.91. The second-order valence-corrected chi connectivity index (χ2v) is 10.0. The van der Waals surface area contributed by atoms with Gasteiger partial charge >= 0.3 is 6.03 Å². The van der Waals surface area contributed by atoms with Gasteiger partial charge in [-0.2, -0.15) is 0 Å². The molecule has 34 heavy (non-hydrogen) atoms. The summed E-state index contributed by atoms with van der Waals surface area (Å²) in [4.78, 5) is 39.1. The van der Waals surface area contributed by atoms with Crippen molar-refractivity contribution in [3.63, 3.8) is 0 Å². The molecule has 11 nitrogen and oxygen atoms in total. The fourth-order valence-electron chi connectivity index (χ4n) is 3.45. The van der Waals surface area contributed by atoms with Crippen LogP contribution in [0.4, 0.5) is 10.5 Å². The molecule has 182 valence electrons. The maximum Gasteiger partial charge on any atom is 0.325 e. The van der Waals surface area contributed by atoms with Gasteiger partial charge in [-0.1, -0.05) is 6.07 Å². The Kier molecular flexibility index (Phi) is 6.84. The second-order valence-electron chi connectivity index (χ2n) is 7.88. The van der Waals surface area contributed by atoms with Crippen LogP contribution in [0.25, 0.3) is 0 Å². The van der Waals surface area contributed by atoms with Crippen molar-refractivity contribution in [2.24, 2.45) is 0 Å². The summed E-state index contributed by atoms with van der Waals surface area (Å²) in [6.07, 6.45) is 0. The Labute approximate surface area is 197 Å². The van der Waals surface area contributed by atoms with Crippen LogP contribution in [-0.2, 0) is 25.2 Å². The van der Waals surface area contributed by atoms with E-state index in [1.807, 2.05) is 0 Å². The third kappa shape index (κ3) is 4.54. The van der Waals surface area contributed by atoms with Gasteiger partial charge in [-0.05, 0) is 48.9 Å². The number of hydrogen-bond donors (Lipinski definition) is 2. The highest BCUT2D eigenvalue weighted by molar-refractivity contribution is 7.89. The molecule has 2 aromatic carbocycles. The molecular formula is C22H26N4O7S. The molecule has 1 heterocycles. The van der Waals surface area contributed by atoms with Crippen LogP contribution in [-0.4, -0.2) is 70.3 Å². The second kappa shape index (κ2) is 9.31. The van der Waals surface area contributed by atoms with Crippen molar-refractivity contribution in [2.45, 2.75) is 17.4 Å². The Morgan fingerprint density at radius 1 is 1.06 bits per heavy atom. The van der Waals surface area contributed by atoms with Crippen LogP contribution in [0, 0.1) is 0 Å². The van der Waals surface area contributed by atoms with Gasteiger partial charge in [0.05, 0.1) is 19.1 Å². The zero-order chi connectivity index (χ0) is 25.3. The summed E-state index contributed by atoms with van der Waals surface area (Å²) in [5, 5.41) is 5.19. The summed E-state index contributed by atoms with van der Waals surface area (Å²) >= 11 is 0. The first kappa shape index (κ1) is 25.0. The van der Waals surface area contributed by atoms with E-state index in [9.17, 15) is 22.8 Å². The van der Waals surface area contributed by atoms with Crippen LogP contribution < -0.4 is 20.1 Å². The van der Waals surface area contributed by atoms with E-state index in [1.165, 1.54) is 59.5 Å². The van der Waals surface area contributed by atoms with Gasteiger partial charge in [-0.25, -0.2) is 17.5 Å². The average Bonchev–Trinajstić information content (AvgIpc) is 3.02. The molecule has 1 fully saturated rings. The van der Waals surface area contributed by atoms with Crippen LogP contribution in [0.5, 0.6) is 11.5 Å². The fourth-order valence-corrected chi connectivity index (χ4v) is 4.35. The van der Waals surface area contributed by atoms with E-state index in [2.05, 4.69) is 10.6 Å². The van der Waals surface area contributed by atoms with Gasteiger partial charge in [-0.3, -0.25) is 14.5 Å². The molecule has 1 atom stereocenters. The molecule has 12 heteroatoms. The summed E-state index contributed by atoms with van der Waals surface area (Å²) in [5.41, 5.74) is -0.624. The summed E-state index contributed by atoms with van der Waals surface area (Å²) in [6, 6.07) is 9.68. The summed E-state index contributed by atoms with van der Waals surface area (Å²) in [6.45, 7) is 1.02. The molecule has 0 radical (unpaired) electrons. The molecule has 0 aliphatic carbocycles. The Bertz CT molecular complexity index is 1230. The van der Waals surface area contributed by atoms with Crippen LogP contribution in [0.2, 0.25) is 0 Å². The number of amides is 4. The number of anilines is 1. The third-order valence-electron chi connectivity index (χ3n) is 5.45. The van der Waals surface area contributed by atoms with Gasteiger partial charge in [0.15, 0.2) is 11.5 Å². The highest BCUT2D eigenvalue weighted by Crippen LogP contribution is 2.35. The molecule has 0 bridgehead atoms. The van der Waals surface area contributed by atoms with Gasteiger partial charge in [0, 0.05) is 19.8 Å². The first-order chi connectivity index (χ1) is 15.9. The zero-order valence-corrected chi connectivity index (χ0v) is 20.2. The smallest absolute Gasteiger partial charge is 0.325 e. The minimum Gasteiger partial charge on any atom is -0.493 e. The van der Waals surface area contributed by atoms with Gasteiger partial charge in [0.25, 0.3) is 5.91 Å². The molecule has 0 aromatic heterocycles. The van der Waals surface area contributed by atoms with E-state index < -0.39 is 40.0 Å². The Morgan fingerprint density at radius 2 is 1.68 bits per heavy atom. The Hall–Kier alpha value is -3.64. The van der Waals surface area contributed by atoms with E-state index in [4.69, 9.17) is 9.47 Å². The molecule has 1 unspecified atom stereocenters. The lowest BCUT2D eigenvalue weighted by molar-refractivity contribution is -0.133. The van der Waals surface area contributed by atoms with Gasteiger partial charge in [0.1, 0.15) is 12.1 Å². The highest BCUT2D eigenvalue weighted by atomic mass is 32.2. The largest absolute Gasteiger partial charge is 0.493 e. The highest BCUT2D eigenvalue weighted by Gasteiger charge is 2.49. The first-order valence-corrected chi connectivity index (χ1v) is 11.6. The predicted octanol–water partition coefficient (Wildman–Crippen LogP) is 1.36. The minimum atomic E-state index is -3.61. The number of hydrogen-bond acceptors (Lipinski definition) is 7. The molecule has 0 spiro atoms. The number of sulfonamides is 1. The number of methoxy groups -OCH3 is 2. The van der Waals surface area contributed by atoms with Crippen molar-refractivity contribution in [1.29, 1.82) is 0 Å². The molecule has 4 amide bonds. The molecule has 1 aliphatic rings. The summed E-state index contributed by atoms with van der Waals surface area (Å²) < 4.78 is 35.9. The van der Waals surface area contributed by atoms with Crippen LogP contribution in [0.3, 0.4) is 0 Å². The lowest BCUT2D eigenvalue weighted by Gasteiger charge is -2.23. The van der Waals surface area contributed by atoms with E-state index in [1.54, 1.807) is 18.2 Å². The normalized spacial score (nSPS) is 18.1. The van der Waals surface area contributed by atoms with Gasteiger partial charge in [-0.15, -0.1) is 0 Å². The van der Waals surface area contributed by atoms with Crippen molar-refractivity contribution in [1.82, 2.24) is 14.5 Å². The molecule has 2 aromatic rings. The van der Waals surface area contributed by atoms with E-state index in [0.29, 0.717) is 22.7 Å². The summed E-state index contributed by atoms with van der Waals surface area (Å²) in [5.74, 6) is -0.373. The number of urea groups is 1. The first-order valence-electron chi connectivity index (χ1n) is 10.1. The number of carbonyl (C=O) groups excluding carboxylic acids is 3. The van der Waals surface area contributed by atoms with Gasteiger partial charge < -0.3 is 20.1 Å². The van der Waals surface area contributed by atoms with Crippen LogP contribution in [0.15, 0.2) is 47.4 Å². The Balaban J connectivity index is 1.73. The predicted molar refractivity (Wildman–Crippen MR) is 123 cm³/mol. The van der Waals surface area contributed by atoms with Crippen LogP contribution >= 0.6 is 0 Å². The number of rotatable bonds is 8. The lowest BCUT2D eigenvalue weighted by Crippen LogP contribution is -2.42. The number of ether oxygens (including phenoxy) is 2. The van der Waals surface area contributed by atoms with E-state index in [-0.39, 0.29) is 4.90 Å². The van der Waals surface area contributed by atoms with Crippen molar-refractivity contribution >= 4 is 33.6 Å². The minimum absolute atomic E-state index is 0.0651. The monoisotopic (exact) mass is 490 g/mol. The van der Waals surface area contributed by atoms with Crippen molar-refractivity contribution in [3.05, 3.63) is 48.0 Å². The van der Waals surface area contributed by atoms with Crippen molar-refractivity contribution in [2.75, 3.05) is 40.2 Å². The van der Waals surface area contributed by atoms with E-state index >= 15 is 0 Å². The molecule has 2 N–H and O–H groups in total.